The number of hydrogen-bond donors (Lipinski definition) is 2. The van der Waals surface area contributed by atoms with Crippen molar-refractivity contribution in [2.45, 2.75) is 13.8 Å². The first-order valence-corrected chi connectivity index (χ1v) is 10.9. The van der Waals surface area contributed by atoms with Gasteiger partial charge in [-0.15, -0.1) is 0 Å². The molecule has 0 spiro atoms. The van der Waals surface area contributed by atoms with Gasteiger partial charge in [0.1, 0.15) is 11.5 Å². The molecular weight excluding hydrogens is 488 g/mol. The second-order valence-corrected chi connectivity index (χ2v) is 8.11. The van der Waals surface area contributed by atoms with Crippen molar-refractivity contribution in [1.29, 1.82) is 0 Å². The van der Waals surface area contributed by atoms with Crippen molar-refractivity contribution in [1.82, 2.24) is 20.3 Å². The van der Waals surface area contributed by atoms with Crippen molar-refractivity contribution in [3.05, 3.63) is 80.6 Å². The number of fused-ring (bicyclic) bond motifs is 1. The molecule has 0 aliphatic rings. The number of nitrogens with zero attached hydrogens (tertiary/aromatic N) is 6. The summed E-state index contributed by atoms with van der Waals surface area (Å²) in [6, 6.07) is 13.3. The molecule has 5 aromatic rings. The lowest BCUT2D eigenvalue weighted by Crippen LogP contribution is -2.04. The molecule has 0 unspecified atom stereocenters. The van der Waals surface area contributed by atoms with Gasteiger partial charge in [-0.25, -0.2) is 9.61 Å². The third kappa shape index (κ3) is 4.57. The van der Waals surface area contributed by atoms with Gasteiger partial charge >= 0.3 is 0 Å². The van der Waals surface area contributed by atoms with Gasteiger partial charge in [-0.3, -0.25) is 15.5 Å². The number of furan rings is 1. The molecule has 180 valence electrons. The lowest BCUT2D eigenvalue weighted by molar-refractivity contribution is -0.384. The molecule has 12 nitrogen and oxygen atoms in total. The Labute approximate surface area is 208 Å². The summed E-state index contributed by atoms with van der Waals surface area (Å²) >= 11 is 6.20. The highest BCUT2D eigenvalue weighted by Gasteiger charge is 2.15. The number of hydrazone groups is 1. The molecule has 13 heteroatoms. The van der Waals surface area contributed by atoms with E-state index in [1.165, 1.54) is 24.4 Å². The minimum atomic E-state index is -0.499. The quantitative estimate of drug-likeness (QED) is 0.161. The standard InChI is InChI=1S/C23H17ClN8O4/c1-12-4-3-5-18(13(12)2)26-20-21(28-23-22(27-20)30-36-31-23)29-25-11-15-7-9-19(35-15)16-10-14(32(33)34)6-8-17(16)24/h3-11H,1-2H3,(H,26,27,30)(H,28,29,31)/b25-11-. The van der Waals surface area contributed by atoms with Gasteiger partial charge in [-0.2, -0.15) is 10.1 Å². The predicted molar refractivity (Wildman–Crippen MR) is 134 cm³/mol. The van der Waals surface area contributed by atoms with E-state index in [1.54, 1.807) is 12.1 Å². The highest BCUT2D eigenvalue weighted by molar-refractivity contribution is 6.33. The van der Waals surface area contributed by atoms with Crippen LogP contribution in [0.3, 0.4) is 0 Å². The summed E-state index contributed by atoms with van der Waals surface area (Å²) in [6.07, 6.45) is 1.42. The fourth-order valence-corrected chi connectivity index (χ4v) is 3.57. The molecule has 0 bridgehead atoms. The Morgan fingerprint density at radius 3 is 2.61 bits per heavy atom. The second-order valence-electron chi connectivity index (χ2n) is 7.70. The van der Waals surface area contributed by atoms with E-state index in [1.807, 2.05) is 32.0 Å². The summed E-state index contributed by atoms with van der Waals surface area (Å²) in [6.45, 7) is 4.01. The van der Waals surface area contributed by atoms with Crippen LogP contribution in [0.5, 0.6) is 0 Å². The molecule has 3 aromatic heterocycles. The Kier molecular flexibility index (Phi) is 6.00. The second kappa shape index (κ2) is 9.43. The van der Waals surface area contributed by atoms with Crippen LogP contribution < -0.4 is 10.7 Å². The van der Waals surface area contributed by atoms with Crippen LogP contribution in [0.4, 0.5) is 23.0 Å². The smallest absolute Gasteiger partial charge is 0.270 e. The number of nitro benzene ring substituents is 1. The third-order valence-electron chi connectivity index (χ3n) is 5.39. The first-order valence-electron chi connectivity index (χ1n) is 10.6. The van der Waals surface area contributed by atoms with Crippen molar-refractivity contribution in [3.8, 4) is 11.3 Å². The molecule has 36 heavy (non-hydrogen) atoms. The molecular formula is C23H17ClN8O4. The van der Waals surface area contributed by atoms with E-state index in [9.17, 15) is 10.1 Å². The summed E-state index contributed by atoms with van der Waals surface area (Å²) in [5, 5.41) is 26.3. The van der Waals surface area contributed by atoms with Gasteiger partial charge in [0.2, 0.25) is 11.3 Å². The van der Waals surface area contributed by atoms with E-state index in [2.05, 4.69) is 36.1 Å². The summed E-state index contributed by atoms with van der Waals surface area (Å²) in [7, 11) is 0. The highest BCUT2D eigenvalue weighted by atomic mass is 35.5. The Morgan fingerprint density at radius 1 is 1.06 bits per heavy atom. The van der Waals surface area contributed by atoms with Crippen LogP contribution in [0.2, 0.25) is 5.02 Å². The van der Waals surface area contributed by atoms with Crippen LogP contribution in [-0.4, -0.2) is 31.4 Å². The topological polar surface area (TPSA) is 157 Å². The maximum atomic E-state index is 11.1. The molecule has 0 fully saturated rings. The molecule has 5 rings (SSSR count). The zero-order valence-corrected chi connectivity index (χ0v) is 19.6. The van der Waals surface area contributed by atoms with Crippen LogP contribution in [0.1, 0.15) is 16.9 Å². The van der Waals surface area contributed by atoms with Crippen molar-refractivity contribution in [2.24, 2.45) is 5.10 Å². The Balaban J connectivity index is 1.40. The Morgan fingerprint density at radius 2 is 1.83 bits per heavy atom. The summed E-state index contributed by atoms with van der Waals surface area (Å²) in [5.74, 6) is 1.38. The van der Waals surface area contributed by atoms with E-state index in [0.717, 1.165) is 16.8 Å². The molecule has 0 saturated carbocycles. The van der Waals surface area contributed by atoms with Crippen LogP contribution >= 0.6 is 11.6 Å². The molecule has 0 atom stereocenters. The number of non-ortho nitro benzene ring substituents is 1. The fraction of sp³-hybridized carbons (Fsp3) is 0.0870. The number of anilines is 3. The largest absolute Gasteiger partial charge is 0.455 e. The van der Waals surface area contributed by atoms with E-state index in [0.29, 0.717) is 27.9 Å². The molecule has 3 heterocycles. The maximum absolute atomic E-state index is 11.1. The monoisotopic (exact) mass is 504 g/mol. The number of hydrogen-bond acceptors (Lipinski definition) is 11. The maximum Gasteiger partial charge on any atom is 0.270 e. The fourth-order valence-electron chi connectivity index (χ4n) is 3.36. The number of aryl methyl sites for hydroxylation is 1. The number of aromatic nitrogens is 4. The normalized spacial score (nSPS) is 11.3. The van der Waals surface area contributed by atoms with Gasteiger partial charge in [0.05, 0.1) is 16.2 Å². The number of nitro groups is 1. The summed E-state index contributed by atoms with van der Waals surface area (Å²) < 4.78 is 10.5. The van der Waals surface area contributed by atoms with Crippen molar-refractivity contribution < 1.29 is 14.0 Å². The first kappa shape index (κ1) is 22.9. The average molecular weight is 505 g/mol. The van der Waals surface area contributed by atoms with Crippen LogP contribution in [0.25, 0.3) is 22.6 Å². The average Bonchev–Trinajstić information content (AvgIpc) is 3.51. The van der Waals surface area contributed by atoms with E-state index in [4.69, 9.17) is 20.6 Å². The molecule has 2 aromatic carbocycles. The first-order chi connectivity index (χ1) is 17.4. The van der Waals surface area contributed by atoms with Gasteiger partial charge in [0, 0.05) is 23.4 Å². The highest BCUT2D eigenvalue weighted by Crippen LogP contribution is 2.32. The van der Waals surface area contributed by atoms with E-state index in [-0.39, 0.29) is 22.8 Å². The number of nitrogens with one attached hydrogen (secondary N) is 2. The number of rotatable bonds is 7. The van der Waals surface area contributed by atoms with Gasteiger partial charge in [-0.05, 0) is 59.6 Å². The van der Waals surface area contributed by atoms with Gasteiger partial charge < -0.3 is 9.73 Å². The molecule has 0 saturated heterocycles. The van der Waals surface area contributed by atoms with Gasteiger partial charge in [0.25, 0.3) is 5.69 Å². The minimum Gasteiger partial charge on any atom is -0.455 e. The molecule has 2 N–H and O–H groups in total. The minimum absolute atomic E-state index is 0.0946. The van der Waals surface area contributed by atoms with Crippen molar-refractivity contribution in [2.75, 3.05) is 10.7 Å². The summed E-state index contributed by atoms with van der Waals surface area (Å²) in [5.41, 5.74) is 6.59. The number of halogens is 1. The number of benzene rings is 2. The molecule has 0 aliphatic heterocycles. The van der Waals surface area contributed by atoms with Crippen LogP contribution in [-0.2, 0) is 0 Å². The van der Waals surface area contributed by atoms with Crippen LogP contribution in [0, 0.1) is 24.0 Å². The summed E-state index contributed by atoms with van der Waals surface area (Å²) in [4.78, 5) is 19.4. The molecule has 0 amide bonds. The Bertz CT molecular complexity index is 1630. The third-order valence-corrected chi connectivity index (χ3v) is 5.72. The lowest BCUT2D eigenvalue weighted by Gasteiger charge is -2.12. The zero-order valence-electron chi connectivity index (χ0n) is 18.9. The Hall–Kier alpha value is -4.84. The van der Waals surface area contributed by atoms with E-state index < -0.39 is 4.92 Å². The van der Waals surface area contributed by atoms with Crippen molar-refractivity contribution in [3.63, 3.8) is 0 Å². The SMILES string of the molecule is Cc1cccc(Nc2nc3nonc3nc2N/N=C\c2ccc(-c3cc([N+](=O)[O-])ccc3Cl)o2)c1C. The predicted octanol–water partition coefficient (Wildman–Crippen LogP) is 5.64. The molecule has 0 radical (unpaired) electrons. The van der Waals surface area contributed by atoms with E-state index >= 15 is 0 Å². The zero-order chi connectivity index (χ0) is 25.2. The van der Waals surface area contributed by atoms with Gasteiger partial charge in [-0.1, -0.05) is 23.7 Å². The van der Waals surface area contributed by atoms with Crippen LogP contribution in [0.15, 0.2) is 62.7 Å². The lowest BCUT2D eigenvalue weighted by atomic mass is 10.1. The van der Waals surface area contributed by atoms with Crippen molar-refractivity contribution >= 4 is 52.1 Å². The van der Waals surface area contributed by atoms with Gasteiger partial charge in [0.15, 0.2) is 11.6 Å². The molecule has 0 aliphatic carbocycles.